The van der Waals surface area contributed by atoms with E-state index in [1.165, 1.54) is 12.8 Å². The third-order valence-electron chi connectivity index (χ3n) is 4.82. The Kier molecular flexibility index (Phi) is 4.48. The molecule has 2 heterocycles. The van der Waals surface area contributed by atoms with Crippen LogP contribution < -0.4 is 4.74 Å². The molecule has 0 bridgehead atoms. The van der Waals surface area contributed by atoms with Crippen LogP contribution in [0, 0.1) is 0 Å². The van der Waals surface area contributed by atoms with Crippen LogP contribution in [0.3, 0.4) is 0 Å². The summed E-state index contributed by atoms with van der Waals surface area (Å²) >= 11 is 0. The van der Waals surface area contributed by atoms with Crippen LogP contribution in [0.2, 0.25) is 0 Å². The molecule has 5 nitrogen and oxygen atoms in total. The summed E-state index contributed by atoms with van der Waals surface area (Å²) in [6.07, 6.45) is 10.1. The van der Waals surface area contributed by atoms with Crippen molar-refractivity contribution in [1.29, 1.82) is 0 Å². The lowest BCUT2D eigenvalue weighted by Gasteiger charge is -2.32. The number of aromatic amines is 1. The molecule has 23 heavy (non-hydrogen) atoms. The molecule has 1 saturated carbocycles. The van der Waals surface area contributed by atoms with Gasteiger partial charge in [-0.05, 0) is 63.1 Å². The van der Waals surface area contributed by atoms with Crippen molar-refractivity contribution in [1.82, 2.24) is 10.2 Å². The summed E-state index contributed by atoms with van der Waals surface area (Å²) in [6.45, 7) is 0.847. The second-order valence-corrected chi connectivity index (χ2v) is 6.57. The highest BCUT2D eigenvalue weighted by molar-refractivity contribution is 5.79. The van der Waals surface area contributed by atoms with Crippen LogP contribution in [0.1, 0.15) is 44.9 Å². The van der Waals surface area contributed by atoms with Gasteiger partial charge < -0.3 is 14.2 Å². The summed E-state index contributed by atoms with van der Waals surface area (Å²) in [4.78, 5) is 0. The molecule has 0 radical (unpaired) electrons. The predicted molar refractivity (Wildman–Crippen MR) is 87.4 cm³/mol. The molecule has 1 aromatic carbocycles. The number of ether oxygens (including phenoxy) is 3. The molecule has 124 valence electrons. The predicted octanol–water partition coefficient (Wildman–Crippen LogP) is 3.80. The van der Waals surface area contributed by atoms with Crippen LogP contribution in [-0.2, 0) is 9.47 Å². The molecule has 0 amide bonds. The average molecular weight is 316 g/mol. The number of nitrogens with one attached hydrogen (secondary N) is 1. The Hall–Kier alpha value is -1.59. The van der Waals surface area contributed by atoms with Gasteiger partial charge in [-0.2, -0.15) is 5.10 Å². The lowest BCUT2D eigenvalue weighted by Crippen LogP contribution is -2.33. The average Bonchev–Trinajstić information content (AvgIpc) is 3.05. The molecular formula is C18H24N2O3. The van der Waals surface area contributed by atoms with Crippen molar-refractivity contribution < 1.29 is 14.2 Å². The number of fused-ring (bicyclic) bond motifs is 1. The zero-order valence-electron chi connectivity index (χ0n) is 13.4. The van der Waals surface area contributed by atoms with E-state index in [1.54, 1.807) is 0 Å². The third-order valence-corrected chi connectivity index (χ3v) is 4.82. The molecular weight excluding hydrogens is 292 g/mol. The minimum absolute atomic E-state index is 0.0229. The van der Waals surface area contributed by atoms with Gasteiger partial charge in [0.25, 0.3) is 0 Å². The third kappa shape index (κ3) is 3.67. The van der Waals surface area contributed by atoms with Gasteiger partial charge in [0.2, 0.25) is 0 Å². The fourth-order valence-corrected chi connectivity index (χ4v) is 3.51. The molecule has 4 rings (SSSR count). The van der Waals surface area contributed by atoms with E-state index < -0.39 is 0 Å². The Morgan fingerprint density at radius 2 is 1.91 bits per heavy atom. The van der Waals surface area contributed by atoms with Gasteiger partial charge in [0.1, 0.15) is 5.75 Å². The first kappa shape index (κ1) is 15.0. The molecule has 1 N–H and O–H groups in total. The number of rotatable bonds is 4. The van der Waals surface area contributed by atoms with Crippen LogP contribution in [0.5, 0.6) is 5.75 Å². The first-order valence-corrected chi connectivity index (χ1v) is 8.74. The highest BCUT2D eigenvalue weighted by Gasteiger charge is 2.26. The molecule has 0 spiro atoms. The Bertz CT molecular complexity index is 628. The number of benzene rings is 1. The molecule has 0 unspecified atom stereocenters. The van der Waals surface area contributed by atoms with Gasteiger partial charge in [-0.3, -0.25) is 5.10 Å². The minimum atomic E-state index is 0.0229. The van der Waals surface area contributed by atoms with Crippen molar-refractivity contribution in [2.75, 3.05) is 6.61 Å². The quantitative estimate of drug-likeness (QED) is 0.932. The van der Waals surface area contributed by atoms with Gasteiger partial charge >= 0.3 is 0 Å². The molecule has 1 aliphatic carbocycles. The monoisotopic (exact) mass is 316 g/mol. The maximum atomic E-state index is 6.14. The topological polar surface area (TPSA) is 56.4 Å². The second-order valence-electron chi connectivity index (χ2n) is 6.57. The van der Waals surface area contributed by atoms with Gasteiger partial charge in [-0.25, -0.2) is 0 Å². The van der Waals surface area contributed by atoms with Crippen LogP contribution >= 0.6 is 0 Å². The smallest absolute Gasteiger partial charge is 0.157 e. The molecule has 1 saturated heterocycles. The van der Waals surface area contributed by atoms with E-state index >= 15 is 0 Å². The van der Waals surface area contributed by atoms with Crippen LogP contribution in [-0.4, -0.2) is 35.3 Å². The molecule has 2 aromatic rings. The molecule has 2 fully saturated rings. The Morgan fingerprint density at radius 1 is 1.04 bits per heavy atom. The maximum Gasteiger partial charge on any atom is 0.157 e. The van der Waals surface area contributed by atoms with E-state index in [4.69, 9.17) is 14.2 Å². The lowest BCUT2D eigenvalue weighted by atomic mass is 9.94. The van der Waals surface area contributed by atoms with Crippen molar-refractivity contribution in [3.8, 4) is 5.75 Å². The number of H-pyrrole nitrogens is 1. The molecule has 1 aromatic heterocycles. The largest absolute Gasteiger partial charge is 0.490 e. The summed E-state index contributed by atoms with van der Waals surface area (Å²) in [5.41, 5.74) is 1.04. The van der Waals surface area contributed by atoms with Gasteiger partial charge in [-0.1, -0.05) is 0 Å². The van der Waals surface area contributed by atoms with Crippen LogP contribution in [0.25, 0.3) is 10.9 Å². The number of nitrogens with zero attached hydrogens (tertiary/aromatic N) is 1. The Morgan fingerprint density at radius 3 is 2.74 bits per heavy atom. The standard InChI is InChI=1S/C18H24N2O3/c1-2-10-21-18(3-1)23-15-6-4-14(5-7-15)22-16-8-9-17-13(11-16)12-19-20-17/h8-9,11-12,14-15,18H,1-7,10H2,(H,19,20)/t14?,15?,18-/m1/s1. The van der Waals surface area contributed by atoms with Crippen molar-refractivity contribution in [2.45, 2.75) is 63.4 Å². The SMILES string of the molecule is c1cc2[nH]ncc2cc1OC1CCC(O[C@@H]2CCCCO2)CC1. The zero-order chi connectivity index (χ0) is 15.5. The highest BCUT2D eigenvalue weighted by atomic mass is 16.7. The van der Waals surface area contributed by atoms with Crippen molar-refractivity contribution in [2.24, 2.45) is 0 Å². The summed E-state index contributed by atoms with van der Waals surface area (Å²) in [6, 6.07) is 6.09. The highest BCUT2D eigenvalue weighted by Crippen LogP contribution is 2.28. The summed E-state index contributed by atoms with van der Waals surface area (Å²) in [5.74, 6) is 0.930. The fraction of sp³-hybridized carbons (Fsp3) is 0.611. The first-order valence-electron chi connectivity index (χ1n) is 8.74. The van der Waals surface area contributed by atoms with Gasteiger partial charge in [0.15, 0.2) is 6.29 Å². The second kappa shape index (κ2) is 6.89. The first-order chi connectivity index (χ1) is 11.4. The Labute approximate surface area is 136 Å². The lowest BCUT2D eigenvalue weighted by molar-refractivity contribution is -0.195. The fourth-order valence-electron chi connectivity index (χ4n) is 3.51. The van der Waals surface area contributed by atoms with Crippen molar-refractivity contribution >= 4 is 10.9 Å². The molecule has 1 aliphatic heterocycles. The van der Waals surface area contributed by atoms with Gasteiger partial charge in [0, 0.05) is 12.0 Å². The summed E-state index contributed by atoms with van der Waals surface area (Å²) in [5, 5.41) is 8.10. The maximum absolute atomic E-state index is 6.14. The number of hydrogen-bond donors (Lipinski definition) is 1. The normalized spacial score (nSPS) is 28.8. The van der Waals surface area contributed by atoms with E-state index in [-0.39, 0.29) is 12.4 Å². The minimum Gasteiger partial charge on any atom is -0.490 e. The van der Waals surface area contributed by atoms with Crippen LogP contribution in [0.15, 0.2) is 24.4 Å². The zero-order valence-corrected chi connectivity index (χ0v) is 13.4. The van der Waals surface area contributed by atoms with E-state index in [0.29, 0.717) is 6.10 Å². The van der Waals surface area contributed by atoms with Gasteiger partial charge in [0.05, 0.1) is 23.9 Å². The molecule has 5 heteroatoms. The van der Waals surface area contributed by atoms with E-state index in [2.05, 4.69) is 16.3 Å². The van der Waals surface area contributed by atoms with Crippen molar-refractivity contribution in [3.05, 3.63) is 24.4 Å². The van der Waals surface area contributed by atoms with Crippen LogP contribution in [0.4, 0.5) is 0 Å². The summed E-state index contributed by atoms with van der Waals surface area (Å²) < 4.78 is 17.9. The number of hydrogen-bond acceptors (Lipinski definition) is 4. The van der Waals surface area contributed by atoms with E-state index in [9.17, 15) is 0 Å². The summed E-state index contributed by atoms with van der Waals surface area (Å²) in [7, 11) is 0. The molecule has 1 atom stereocenters. The van der Waals surface area contributed by atoms with E-state index in [1.807, 2.05) is 18.3 Å². The van der Waals surface area contributed by atoms with E-state index in [0.717, 1.165) is 55.4 Å². The van der Waals surface area contributed by atoms with Crippen molar-refractivity contribution in [3.63, 3.8) is 0 Å². The number of aromatic nitrogens is 2. The Balaban J connectivity index is 1.27. The molecule has 2 aliphatic rings. The van der Waals surface area contributed by atoms with Gasteiger partial charge in [-0.15, -0.1) is 0 Å².